The average Bonchev–Trinajstić information content (AvgIpc) is 2.16. The maximum atomic E-state index is 9.73. The first-order chi connectivity index (χ1) is 6.41. The topological polar surface area (TPSA) is 38.3 Å². The van der Waals surface area contributed by atoms with Crippen molar-refractivity contribution in [1.29, 1.82) is 0 Å². The molecule has 0 spiro atoms. The molecule has 0 saturated heterocycles. The average molecular weight is 187 g/mol. The van der Waals surface area contributed by atoms with E-state index < -0.39 is 0 Å². The predicted octanol–water partition coefficient (Wildman–Crippen LogP) is 2.41. The Morgan fingerprint density at radius 2 is 1.69 bits per heavy atom. The van der Waals surface area contributed by atoms with Gasteiger partial charge in [0.25, 0.3) is 0 Å². The molecule has 0 aromatic heterocycles. The lowest BCUT2D eigenvalue weighted by molar-refractivity contribution is -0.135. The van der Waals surface area contributed by atoms with Crippen LogP contribution in [0.5, 0.6) is 0 Å². The van der Waals surface area contributed by atoms with E-state index in [1.165, 1.54) is 38.5 Å². The molecule has 0 aliphatic carbocycles. The van der Waals surface area contributed by atoms with Gasteiger partial charge < -0.3 is 4.84 Å². The summed E-state index contributed by atoms with van der Waals surface area (Å²) in [5, 5.41) is 0. The van der Waals surface area contributed by atoms with Crippen LogP contribution in [-0.2, 0) is 9.63 Å². The second kappa shape index (κ2) is 11.4. The van der Waals surface area contributed by atoms with Gasteiger partial charge in [0.1, 0.15) is 0 Å². The Kier molecular flexibility index (Phi) is 10.9. The normalized spacial score (nSPS) is 9.92. The lowest BCUT2D eigenvalue weighted by Gasteiger charge is -2.01. The molecule has 0 aliphatic heterocycles. The smallest absolute Gasteiger partial charge is 0.312 e. The monoisotopic (exact) mass is 187 g/mol. The molecule has 3 heteroatoms. The zero-order chi connectivity index (χ0) is 9.78. The van der Waals surface area contributed by atoms with Gasteiger partial charge in [0, 0.05) is 6.54 Å². The van der Waals surface area contributed by atoms with Gasteiger partial charge in [0.2, 0.25) is 0 Å². The van der Waals surface area contributed by atoms with Crippen LogP contribution in [0.2, 0.25) is 0 Å². The zero-order valence-electron chi connectivity index (χ0n) is 8.55. The minimum absolute atomic E-state index is 0.418. The first kappa shape index (κ1) is 12.4. The van der Waals surface area contributed by atoms with Gasteiger partial charge in [-0.1, -0.05) is 45.4 Å². The predicted molar refractivity (Wildman–Crippen MR) is 53.1 cm³/mol. The number of hydrogen-bond donors (Lipinski definition) is 1. The van der Waals surface area contributed by atoms with Crippen molar-refractivity contribution in [3.05, 3.63) is 0 Å². The number of nitrogens with one attached hydrogen (secondary N) is 1. The van der Waals surface area contributed by atoms with Crippen molar-refractivity contribution >= 4 is 6.47 Å². The molecule has 13 heavy (non-hydrogen) atoms. The standard InChI is InChI=1S/C10H21NO2/c1-2-3-4-5-6-7-8-9-11-13-10-12/h10-11H,2-9H2,1H3. The Labute approximate surface area is 80.8 Å². The first-order valence-electron chi connectivity index (χ1n) is 5.24. The third-order valence-electron chi connectivity index (χ3n) is 2.01. The maximum absolute atomic E-state index is 9.73. The molecule has 0 heterocycles. The van der Waals surface area contributed by atoms with Crippen LogP contribution in [0.4, 0.5) is 0 Å². The van der Waals surface area contributed by atoms with Crippen molar-refractivity contribution in [2.45, 2.75) is 51.9 Å². The van der Waals surface area contributed by atoms with E-state index in [-0.39, 0.29) is 0 Å². The van der Waals surface area contributed by atoms with Crippen molar-refractivity contribution in [2.75, 3.05) is 6.54 Å². The quantitative estimate of drug-likeness (QED) is 0.324. The van der Waals surface area contributed by atoms with Crippen LogP contribution in [0.3, 0.4) is 0 Å². The molecule has 0 aliphatic rings. The summed E-state index contributed by atoms with van der Waals surface area (Å²) >= 11 is 0. The molecule has 0 radical (unpaired) electrons. The number of carbonyl (C=O) groups is 1. The molecule has 3 nitrogen and oxygen atoms in total. The summed E-state index contributed by atoms with van der Waals surface area (Å²) in [6.45, 7) is 3.41. The third-order valence-corrected chi connectivity index (χ3v) is 2.01. The lowest BCUT2D eigenvalue weighted by Crippen LogP contribution is -2.14. The van der Waals surface area contributed by atoms with Crippen molar-refractivity contribution in [2.24, 2.45) is 0 Å². The molecule has 0 rings (SSSR count). The van der Waals surface area contributed by atoms with Gasteiger partial charge in [-0.3, -0.25) is 4.79 Å². The van der Waals surface area contributed by atoms with Crippen LogP contribution in [-0.4, -0.2) is 13.0 Å². The van der Waals surface area contributed by atoms with Crippen LogP contribution in [0.1, 0.15) is 51.9 Å². The highest BCUT2D eigenvalue weighted by atomic mass is 16.7. The first-order valence-corrected chi connectivity index (χ1v) is 5.24. The summed E-state index contributed by atoms with van der Waals surface area (Å²) in [5.41, 5.74) is 2.57. The van der Waals surface area contributed by atoms with Crippen molar-refractivity contribution in [3.8, 4) is 0 Å². The molecule has 1 N–H and O–H groups in total. The molecule has 0 unspecified atom stereocenters. The minimum Gasteiger partial charge on any atom is -0.374 e. The Morgan fingerprint density at radius 3 is 2.31 bits per heavy atom. The van der Waals surface area contributed by atoms with Crippen LogP contribution < -0.4 is 5.48 Å². The maximum Gasteiger partial charge on any atom is 0.312 e. The van der Waals surface area contributed by atoms with Crippen LogP contribution in [0, 0.1) is 0 Å². The lowest BCUT2D eigenvalue weighted by atomic mass is 10.1. The summed E-state index contributed by atoms with van der Waals surface area (Å²) in [5.74, 6) is 0. The van der Waals surface area contributed by atoms with Gasteiger partial charge in [0.15, 0.2) is 0 Å². The second-order valence-electron chi connectivity index (χ2n) is 3.23. The van der Waals surface area contributed by atoms with E-state index in [0.29, 0.717) is 6.47 Å². The summed E-state index contributed by atoms with van der Waals surface area (Å²) < 4.78 is 0. The fourth-order valence-electron chi connectivity index (χ4n) is 1.25. The largest absolute Gasteiger partial charge is 0.374 e. The second-order valence-corrected chi connectivity index (χ2v) is 3.23. The Hall–Kier alpha value is -0.570. The number of carbonyl (C=O) groups excluding carboxylic acids is 1. The molecule has 0 aromatic rings. The molecule has 0 fully saturated rings. The van der Waals surface area contributed by atoms with Gasteiger partial charge in [-0.2, -0.15) is 5.48 Å². The Morgan fingerprint density at radius 1 is 1.08 bits per heavy atom. The van der Waals surface area contributed by atoms with E-state index in [9.17, 15) is 4.79 Å². The van der Waals surface area contributed by atoms with E-state index in [4.69, 9.17) is 0 Å². The molecule has 0 atom stereocenters. The molecular formula is C10H21NO2. The van der Waals surface area contributed by atoms with Crippen LogP contribution in [0.15, 0.2) is 0 Å². The fraction of sp³-hybridized carbons (Fsp3) is 0.900. The Bertz CT molecular complexity index is 107. The summed E-state index contributed by atoms with van der Waals surface area (Å²) in [6, 6.07) is 0. The summed E-state index contributed by atoms with van der Waals surface area (Å²) in [6.07, 6.45) is 8.94. The number of unbranched alkanes of at least 4 members (excludes halogenated alkanes) is 6. The van der Waals surface area contributed by atoms with E-state index >= 15 is 0 Å². The third kappa shape index (κ3) is 11.4. The van der Waals surface area contributed by atoms with E-state index in [0.717, 1.165) is 13.0 Å². The minimum atomic E-state index is 0.418. The molecule has 0 aromatic carbocycles. The Balaban J connectivity index is 2.79. The summed E-state index contributed by atoms with van der Waals surface area (Å²) in [7, 11) is 0. The number of hydrogen-bond acceptors (Lipinski definition) is 3. The zero-order valence-corrected chi connectivity index (χ0v) is 8.55. The van der Waals surface area contributed by atoms with E-state index in [2.05, 4.69) is 17.2 Å². The van der Waals surface area contributed by atoms with Gasteiger partial charge in [-0.05, 0) is 6.42 Å². The van der Waals surface area contributed by atoms with E-state index in [1.807, 2.05) is 0 Å². The summed E-state index contributed by atoms with van der Waals surface area (Å²) in [4.78, 5) is 14.1. The van der Waals surface area contributed by atoms with Gasteiger partial charge in [-0.25, -0.2) is 0 Å². The highest BCUT2D eigenvalue weighted by molar-refractivity contribution is 5.36. The van der Waals surface area contributed by atoms with E-state index in [1.54, 1.807) is 0 Å². The van der Waals surface area contributed by atoms with Gasteiger partial charge in [-0.15, -0.1) is 0 Å². The fourth-order valence-corrected chi connectivity index (χ4v) is 1.25. The molecule has 0 bridgehead atoms. The molecular weight excluding hydrogens is 166 g/mol. The highest BCUT2D eigenvalue weighted by Gasteiger charge is 1.90. The number of rotatable bonds is 10. The number of hydroxylamine groups is 1. The highest BCUT2D eigenvalue weighted by Crippen LogP contribution is 2.05. The molecule has 0 amide bonds. The molecule has 0 saturated carbocycles. The van der Waals surface area contributed by atoms with Gasteiger partial charge in [0.05, 0.1) is 0 Å². The van der Waals surface area contributed by atoms with Crippen molar-refractivity contribution in [1.82, 2.24) is 5.48 Å². The van der Waals surface area contributed by atoms with Crippen LogP contribution in [0.25, 0.3) is 0 Å². The van der Waals surface area contributed by atoms with Crippen molar-refractivity contribution in [3.63, 3.8) is 0 Å². The SMILES string of the molecule is CCCCCCCCCNOC=O. The van der Waals surface area contributed by atoms with Crippen molar-refractivity contribution < 1.29 is 9.63 Å². The van der Waals surface area contributed by atoms with Gasteiger partial charge >= 0.3 is 6.47 Å². The van der Waals surface area contributed by atoms with Crippen LogP contribution >= 0.6 is 0 Å². The molecule has 78 valence electrons.